The van der Waals surface area contributed by atoms with Crippen LogP contribution in [0.3, 0.4) is 0 Å². The molecular weight excluding hydrogens is 408 g/mol. The molecule has 0 aliphatic carbocycles. The quantitative estimate of drug-likeness (QED) is 0.628. The van der Waals surface area contributed by atoms with Crippen LogP contribution in [0.2, 0.25) is 5.02 Å². The molecule has 6 nitrogen and oxygen atoms in total. The van der Waals surface area contributed by atoms with E-state index in [0.29, 0.717) is 15.6 Å². The number of aryl methyl sites for hydroxylation is 3. The van der Waals surface area contributed by atoms with Gasteiger partial charge in [-0.25, -0.2) is 4.68 Å². The van der Waals surface area contributed by atoms with E-state index in [1.54, 1.807) is 4.68 Å². The number of thiophene rings is 1. The van der Waals surface area contributed by atoms with E-state index < -0.39 is 5.91 Å². The van der Waals surface area contributed by atoms with Crippen molar-refractivity contribution >= 4 is 39.8 Å². The highest BCUT2D eigenvalue weighted by molar-refractivity contribution is 7.16. The normalized spacial score (nSPS) is 11.0. The second-order valence-electron chi connectivity index (χ2n) is 7.07. The number of nitrogens with one attached hydrogen (secondary N) is 1. The number of nitrogens with zero attached hydrogens (tertiary/aromatic N) is 2. The molecule has 3 aromatic rings. The fourth-order valence-electron chi connectivity index (χ4n) is 3.24. The Morgan fingerprint density at radius 2 is 1.90 bits per heavy atom. The lowest BCUT2D eigenvalue weighted by molar-refractivity contribution is -0.115. The molecule has 0 saturated carbocycles. The van der Waals surface area contributed by atoms with Gasteiger partial charge in [0.1, 0.15) is 5.00 Å². The Balaban J connectivity index is 1.87. The molecule has 0 spiro atoms. The standard InChI is InChI=1S/C21H23ClN4O2S/c1-10-6-7-15(8-17(10)22)26-13(4)16(12(3)25-26)9-18(27)24-21-19(20(23)28)11(2)14(5)29-21/h6-8H,9H2,1-5H3,(H2,23,28)(H,24,27). The minimum absolute atomic E-state index is 0.144. The van der Waals surface area contributed by atoms with Crippen LogP contribution in [0.5, 0.6) is 0 Å². The van der Waals surface area contributed by atoms with Crippen molar-refractivity contribution in [1.82, 2.24) is 9.78 Å². The van der Waals surface area contributed by atoms with Crippen LogP contribution in [0.4, 0.5) is 5.00 Å². The van der Waals surface area contributed by atoms with Gasteiger partial charge in [-0.15, -0.1) is 11.3 Å². The molecular formula is C21H23ClN4O2S. The highest BCUT2D eigenvalue weighted by atomic mass is 35.5. The van der Waals surface area contributed by atoms with E-state index in [2.05, 4.69) is 10.4 Å². The van der Waals surface area contributed by atoms with Crippen molar-refractivity contribution in [3.05, 3.63) is 61.7 Å². The van der Waals surface area contributed by atoms with Gasteiger partial charge in [-0.1, -0.05) is 17.7 Å². The van der Waals surface area contributed by atoms with Gasteiger partial charge < -0.3 is 11.1 Å². The SMILES string of the molecule is Cc1ccc(-n2nc(C)c(CC(=O)Nc3sc(C)c(C)c3C(N)=O)c2C)cc1Cl. The predicted octanol–water partition coefficient (Wildman–Crippen LogP) is 4.41. The zero-order valence-corrected chi connectivity index (χ0v) is 18.6. The summed E-state index contributed by atoms with van der Waals surface area (Å²) in [5.74, 6) is -0.764. The topological polar surface area (TPSA) is 90.0 Å². The maximum Gasteiger partial charge on any atom is 0.251 e. The van der Waals surface area contributed by atoms with Crippen LogP contribution in [0.25, 0.3) is 5.69 Å². The lowest BCUT2D eigenvalue weighted by atomic mass is 10.1. The third-order valence-electron chi connectivity index (χ3n) is 5.06. The van der Waals surface area contributed by atoms with Crippen molar-refractivity contribution in [2.45, 2.75) is 41.0 Å². The number of rotatable bonds is 5. The molecule has 152 valence electrons. The van der Waals surface area contributed by atoms with Crippen LogP contribution < -0.4 is 11.1 Å². The number of hydrogen-bond acceptors (Lipinski definition) is 4. The number of carbonyl (C=O) groups excluding carboxylic acids is 2. The van der Waals surface area contributed by atoms with Gasteiger partial charge in [0.25, 0.3) is 5.91 Å². The lowest BCUT2D eigenvalue weighted by Gasteiger charge is -2.08. The first kappa shape index (κ1) is 21.1. The van der Waals surface area contributed by atoms with Gasteiger partial charge in [0, 0.05) is 21.2 Å². The molecule has 8 heteroatoms. The average Bonchev–Trinajstić information content (AvgIpc) is 3.07. The van der Waals surface area contributed by atoms with E-state index in [-0.39, 0.29) is 12.3 Å². The van der Waals surface area contributed by atoms with Crippen LogP contribution in [0.15, 0.2) is 18.2 Å². The van der Waals surface area contributed by atoms with Crippen LogP contribution >= 0.6 is 22.9 Å². The Kier molecular flexibility index (Phi) is 5.82. The molecule has 0 atom stereocenters. The first-order valence-electron chi connectivity index (χ1n) is 9.11. The van der Waals surface area contributed by atoms with Crippen LogP contribution in [0, 0.1) is 34.6 Å². The molecule has 0 radical (unpaired) electrons. The monoisotopic (exact) mass is 430 g/mol. The highest BCUT2D eigenvalue weighted by Gasteiger charge is 2.21. The number of halogens is 1. The van der Waals surface area contributed by atoms with E-state index in [9.17, 15) is 9.59 Å². The molecule has 2 heterocycles. The van der Waals surface area contributed by atoms with Crippen molar-refractivity contribution in [2.24, 2.45) is 5.73 Å². The van der Waals surface area contributed by atoms with Gasteiger partial charge in [-0.3, -0.25) is 9.59 Å². The van der Waals surface area contributed by atoms with Crippen molar-refractivity contribution in [3.8, 4) is 5.69 Å². The maximum absolute atomic E-state index is 12.7. The zero-order chi connectivity index (χ0) is 21.5. The Labute approximate surface area is 178 Å². The van der Waals surface area contributed by atoms with Crippen LogP contribution in [0.1, 0.15) is 43.3 Å². The molecule has 0 aliphatic rings. The largest absolute Gasteiger partial charge is 0.365 e. The fraction of sp³-hybridized carbons (Fsp3) is 0.286. The summed E-state index contributed by atoms with van der Waals surface area (Å²) in [6.45, 7) is 9.46. The van der Waals surface area contributed by atoms with E-state index in [1.165, 1.54) is 11.3 Å². The van der Waals surface area contributed by atoms with Crippen molar-refractivity contribution < 1.29 is 9.59 Å². The van der Waals surface area contributed by atoms with Crippen molar-refractivity contribution in [2.75, 3.05) is 5.32 Å². The second kappa shape index (κ2) is 8.00. The number of amides is 2. The molecule has 3 rings (SSSR count). The first-order valence-corrected chi connectivity index (χ1v) is 10.3. The number of hydrogen-bond donors (Lipinski definition) is 2. The number of aromatic nitrogens is 2. The molecule has 2 amide bonds. The number of primary amides is 1. The predicted molar refractivity (Wildman–Crippen MR) is 117 cm³/mol. The molecule has 0 aliphatic heterocycles. The fourth-order valence-corrected chi connectivity index (χ4v) is 4.50. The molecule has 3 N–H and O–H groups in total. The third-order valence-corrected chi connectivity index (χ3v) is 6.59. The summed E-state index contributed by atoms with van der Waals surface area (Å²) >= 11 is 7.60. The average molecular weight is 431 g/mol. The minimum atomic E-state index is -0.543. The van der Waals surface area contributed by atoms with Crippen molar-refractivity contribution in [1.29, 1.82) is 0 Å². The van der Waals surface area contributed by atoms with Crippen molar-refractivity contribution in [3.63, 3.8) is 0 Å². The van der Waals surface area contributed by atoms with Crippen LogP contribution in [-0.4, -0.2) is 21.6 Å². The molecule has 29 heavy (non-hydrogen) atoms. The Morgan fingerprint density at radius 1 is 1.21 bits per heavy atom. The number of carbonyl (C=O) groups is 2. The first-order chi connectivity index (χ1) is 13.6. The minimum Gasteiger partial charge on any atom is -0.365 e. The number of benzene rings is 1. The summed E-state index contributed by atoms with van der Waals surface area (Å²) < 4.78 is 1.79. The summed E-state index contributed by atoms with van der Waals surface area (Å²) in [6.07, 6.45) is 0.144. The number of anilines is 1. The van der Waals surface area contributed by atoms with Crippen LogP contribution in [-0.2, 0) is 11.2 Å². The summed E-state index contributed by atoms with van der Waals surface area (Å²) in [4.78, 5) is 25.4. The van der Waals surface area contributed by atoms with Gasteiger partial charge in [0.2, 0.25) is 5.91 Å². The van der Waals surface area contributed by atoms with E-state index in [1.807, 2.05) is 52.8 Å². The Morgan fingerprint density at radius 3 is 2.52 bits per heavy atom. The summed E-state index contributed by atoms with van der Waals surface area (Å²) in [5, 5.41) is 8.58. The lowest BCUT2D eigenvalue weighted by Crippen LogP contribution is -2.19. The van der Waals surface area contributed by atoms with Gasteiger partial charge in [-0.2, -0.15) is 5.10 Å². The van der Waals surface area contributed by atoms with Gasteiger partial charge >= 0.3 is 0 Å². The molecule has 0 saturated heterocycles. The van der Waals surface area contributed by atoms with Gasteiger partial charge in [0.15, 0.2) is 0 Å². The summed E-state index contributed by atoms with van der Waals surface area (Å²) in [7, 11) is 0. The Bertz CT molecular complexity index is 1130. The van der Waals surface area contributed by atoms with E-state index >= 15 is 0 Å². The third kappa shape index (κ3) is 4.06. The van der Waals surface area contributed by atoms with E-state index in [0.717, 1.165) is 38.6 Å². The van der Waals surface area contributed by atoms with Gasteiger partial charge in [0.05, 0.1) is 23.4 Å². The smallest absolute Gasteiger partial charge is 0.251 e. The summed E-state index contributed by atoms with van der Waals surface area (Å²) in [5.41, 5.74) is 11.0. The van der Waals surface area contributed by atoms with Gasteiger partial charge in [-0.05, 0) is 57.9 Å². The Hall–Kier alpha value is -2.64. The molecule has 0 fully saturated rings. The summed E-state index contributed by atoms with van der Waals surface area (Å²) in [6, 6.07) is 5.74. The molecule has 1 aromatic carbocycles. The maximum atomic E-state index is 12.7. The molecule has 0 bridgehead atoms. The second-order valence-corrected chi connectivity index (χ2v) is 8.70. The number of nitrogens with two attached hydrogens (primary N) is 1. The molecule has 2 aromatic heterocycles. The highest BCUT2D eigenvalue weighted by Crippen LogP contribution is 2.32. The molecule has 0 unspecified atom stereocenters. The zero-order valence-electron chi connectivity index (χ0n) is 17.0. The van der Waals surface area contributed by atoms with E-state index in [4.69, 9.17) is 17.3 Å².